The van der Waals surface area contributed by atoms with Crippen molar-refractivity contribution >= 4 is 5.97 Å². The number of carboxylic acid groups (broad SMARTS) is 1. The summed E-state index contributed by atoms with van der Waals surface area (Å²) in [4.78, 5) is 11.8. The van der Waals surface area contributed by atoms with Crippen molar-refractivity contribution in [3.05, 3.63) is 71.3 Å². The second-order valence-electron chi connectivity index (χ2n) is 6.05. The predicted molar refractivity (Wildman–Crippen MR) is 83.3 cm³/mol. The highest BCUT2D eigenvalue weighted by Crippen LogP contribution is 2.41. The lowest BCUT2D eigenvalue weighted by atomic mass is 9.79. The van der Waals surface area contributed by atoms with E-state index in [0.29, 0.717) is 12.8 Å². The Balaban J connectivity index is 1.68. The predicted octanol–water partition coefficient (Wildman–Crippen LogP) is 3.88. The SMILES string of the molecule is O=C(O)C1(CCCc2ccccc2)Cc2ccccc2C1. The maximum Gasteiger partial charge on any atom is 0.310 e. The highest BCUT2D eigenvalue weighted by atomic mass is 16.4. The molecule has 0 saturated heterocycles. The van der Waals surface area contributed by atoms with Gasteiger partial charge < -0.3 is 5.11 Å². The lowest BCUT2D eigenvalue weighted by Crippen LogP contribution is -2.32. The Morgan fingerprint density at radius 3 is 2.10 bits per heavy atom. The summed E-state index contributed by atoms with van der Waals surface area (Å²) in [5.74, 6) is -0.647. The molecule has 0 atom stereocenters. The zero-order chi connectivity index (χ0) is 14.7. The molecule has 2 aromatic carbocycles. The molecule has 2 aromatic rings. The van der Waals surface area contributed by atoms with Gasteiger partial charge in [-0.2, -0.15) is 0 Å². The number of aryl methyl sites for hydroxylation is 1. The number of fused-ring (bicyclic) bond motifs is 1. The summed E-state index contributed by atoms with van der Waals surface area (Å²) in [6.07, 6.45) is 3.96. The summed E-state index contributed by atoms with van der Waals surface area (Å²) in [5, 5.41) is 9.73. The number of carbonyl (C=O) groups is 1. The minimum atomic E-state index is -0.647. The Labute approximate surface area is 125 Å². The Morgan fingerprint density at radius 2 is 1.52 bits per heavy atom. The molecule has 0 bridgehead atoms. The van der Waals surface area contributed by atoms with Crippen molar-refractivity contribution < 1.29 is 9.90 Å². The van der Waals surface area contributed by atoms with Gasteiger partial charge in [-0.15, -0.1) is 0 Å². The van der Waals surface area contributed by atoms with Crippen molar-refractivity contribution in [2.75, 3.05) is 0 Å². The number of hydrogen-bond donors (Lipinski definition) is 1. The number of carboxylic acids is 1. The smallest absolute Gasteiger partial charge is 0.310 e. The van der Waals surface area contributed by atoms with E-state index >= 15 is 0 Å². The van der Waals surface area contributed by atoms with Gasteiger partial charge in [0, 0.05) is 0 Å². The number of rotatable bonds is 5. The van der Waals surface area contributed by atoms with E-state index in [0.717, 1.165) is 19.3 Å². The van der Waals surface area contributed by atoms with E-state index in [1.54, 1.807) is 0 Å². The molecule has 1 aliphatic rings. The van der Waals surface area contributed by atoms with Gasteiger partial charge in [0.25, 0.3) is 0 Å². The molecule has 0 amide bonds. The first-order valence-corrected chi connectivity index (χ1v) is 7.54. The molecule has 2 heteroatoms. The van der Waals surface area contributed by atoms with Gasteiger partial charge in [0.15, 0.2) is 0 Å². The second kappa shape index (κ2) is 5.72. The summed E-state index contributed by atoms with van der Waals surface area (Å²) in [7, 11) is 0. The van der Waals surface area contributed by atoms with Gasteiger partial charge in [-0.3, -0.25) is 4.79 Å². The van der Waals surface area contributed by atoms with Crippen LogP contribution in [0.1, 0.15) is 29.5 Å². The first-order chi connectivity index (χ1) is 10.2. The van der Waals surface area contributed by atoms with E-state index in [4.69, 9.17) is 0 Å². The summed E-state index contributed by atoms with van der Waals surface area (Å²) in [6, 6.07) is 18.4. The molecule has 0 aliphatic heterocycles. The van der Waals surface area contributed by atoms with Gasteiger partial charge in [0.2, 0.25) is 0 Å². The molecule has 0 fully saturated rings. The van der Waals surface area contributed by atoms with Crippen LogP contribution in [0.25, 0.3) is 0 Å². The van der Waals surface area contributed by atoms with Crippen LogP contribution in [-0.2, 0) is 24.1 Å². The van der Waals surface area contributed by atoms with Gasteiger partial charge in [0.05, 0.1) is 5.41 Å². The fourth-order valence-corrected chi connectivity index (χ4v) is 3.40. The number of benzene rings is 2. The molecule has 1 N–H and O–H groups in total. The Bertz CT molecular complexity index is 606. The van der Waals surface area contributed by atoms with E-state index in [2.05, 4.69) is 24.3 Å². The lowest BCUT2D eigenvalue weighted by Gasteiger charge is -2.23. The Kier molecular flexibility index (Phi) is 3.78. The third-order valence-electron chi connectivity index (χ3n) is 4.59. The second-order valence-corrected chi connectivity index (χ2v) is 6.05. The van der Waals surface area contributed by atoms with Crippen LogP contribution in [0.3, 0.4) is 0 Å². The molecular weight excluding hydrogens is 260 g/mol. The topological polar surface area (TPSA) is 37.3 Å². The molecule has 0 unspecified atom stereocenters. The summed E-state index contributed by atoms with van der Waals surface area (Å²) in [5.41, 5.74) is 3.10. The van der Waals surface area contributed by atoms with E-state index in [1.807, 2.05) is 30.3 Å². The first kappa shape index (κ1) is 13.9. The van der Waals surface area contributed by atoms with Crippen molar-refractivity contribution in [1.82, 2.24) is 0 Å². The van der Waals surface area contributed by atoms with Crippen LogP contribution in [0.4, 0.5) is 0 Å². The lowest BCUT2D eigenvalue weighted by molar-refractivity contribution is -0.149. The van der Waals surface area contributed by atoms with Gasteiger partial charge >= 0.3 is 5.97 Å². The third kappa shape index (κ3) is 2.85. The quantitative estimate of drug-likeness (QED) is 0.902. The first-order valence-electron chi connectivity index (χ1n) is 7.54. The van der Waals surface area contributed by atoms with Gasteiger partial charge in [-0.1, -0.05) is 54.6 Å². The van der Waals surface area contributed by atoms with Crippen molar-refractivity contribution in [3.63, 3.8) is 0 Å². The maximum absolute atomic E-state index is 11.8. The molecule has 108 valence electrons. The average molecular weight is 280 g/mol. The van der Waals surface area contributed by atoms with Crippen LogP contribution in [0, 0.1) is 5.41 Å². The summed E-state index contributed by atoms with van der Waals surface area (Å²) >= 11 is 0. The molecule has 0 saturated carbocycles. The zero-order valence-corrected chi connectivity index (χ0v) is 12.1. The molecule has 3 rings (SSSR count). The zero-order valence-electron chi connectivity index (χ0n) is 12.1. The van der Waals surface area contributed by atoms with Gasteiger partial charge in [0.1, 0.15) is 0 Å². The van der Waals surface area contributed by atoms with Crippen LogP contribution in [0.5, 0.6) is 0 Å². The van der Waals surface area contributed by atoms with Gasteiger partial charge in [-0.05, 0) is 48.8 Å². The minimum absolute atomic E-state index is 0.599. The largest absolute Gasteiger partial charge is 0.481 e. The minimum Gasteiger partial charge on any atom is -0.481 e. The van der Waals surface area contributed by atoms with Crippen LogP contribution < -0.4 is 0 Å². The monoisotopic (exact) mass is 280 g/mol. The van der Waals surface area contributed by atoms with E-state index in [9.17, 15) is 9.90 Å². The normalized spacial score (nSPS) is 15.6. The standard InChI is InChI=1S/C19H20O2/c20-18(21)19(12-6-9-15-7-2-1-3-8-15)13-16-10-4-5-11-17(16)14-19/h1-5,7-8,10-11H,6,9,12-14H2,(H,20,21). The van der Waals surface area contributed by atoms with E-state index < -0.39 is 11.4 Å². The molecule has 21 heavy (non-hydrogen) atoms. The Morgan fingerprint density at radius 1 is 0.952 bits per heavy atom. The van der Waals surface area contributed by atoms with Crippen LogP contribution in [-0.4, -0.2) is 11.1 Å². The molecule has 2 nitrogen and oxygen atoms in total. The van der Waals surface area contributed by atoms with E-state index in [1.165, 1.54) is 16.7 Å². The molecular formula is C19H20O2. The summed E-state index contributed by atoms with van der Waals surface area (Å²) < 4.78 is 0. The van der Waals surface area contributed by atoms with Crippen LogP contribution >= 0.6 is 0 Å². The molecule has 0 radical (unpaired) electrons. The number of hydrogen-bond acceptors (Lipinski definition) is 1. The number of aliphatic carboxylic acids is 1. The third-order valence-corrected chi connectivity index (χ3v) is 4.59. The van der Waals surface area contributed by atoms with Crippen molar-refractivity contribution in [3.8, 4) is 0 Å². The fraction of sp³-hybridized carbons (Fsp3) is 0.316. The van der Waals surface area contributed by atoms with Crippen LogP contribution in [0.15, 0.2) is 54.6 Å². The highest BCUT2D eigenvalue weighted by molar-refractivity contribution is 5.77. The fourth-order valence-electron chi connectivity index (χ4n) is 3.40. The maximum atomic E-state index is 11.8. The van der Waals surface area contributed by atoms with Crippen molar-refractivity contribution in [2.45, 2.75) is 32.1 Å². The van der Waals surface area contributed by atoms with Crippen molar-refractivity contribution in [1.29, 1.82) is 0 Å². The summed E-state index contributed by atoms with van der Waals surface area (Å²) in [6.45, 7) is 0. The molecule has 0 spiro atoms. The van der Waals surface area contributed by atoms with Crippen molar-refractivity contribution in [2.24, 2.45) is 5.41 Å². The van der Waals surface area contributed by atoms with E-state index in [-0.39, 0.29) is 0 Å². The highest BCUT2D eigenvalue weighted by Gasteiger charge is 2.43. The molecule has 0 heterocycles. The Hall–Kier alpha value is -2.09. The van der Waals surface area contributed by atoms with Gasteiger partial charge in [-0.25, -0.2) is 0 Å². The van der Waals surface area contributed by atoms with Crippen LogP contribution in [0.2, 0.25) is 0 Å². The molecule has 1 aliphatic carbocycles. The average Bonchev–Trinajstić information content (AvgIpc) is 2.88. The molecule has 0 aromatic heterocycles.